The first-order valence-corrected chi connectivity index (χ1v) is 8.20. The molecule has 9 heteroatoms. The highest BCUT2D eigenvalue weighted by Gasteiger charge is 2.24. The molecule has 0 bridgehead atoms. The first kappa shape index (κ1) is 17.5. The van der Waals surface area contributed by atoms with E-state index in [4.69, 9.17) is 9.47 Å². The summed E-state index contributed by atoms with van der Waals surface area (Å²) in [7, 11) is 0.255. The van der Waals surface area contributed by atoms with Crippen LogP contribution in [0.4, 0.5) is 11.4 Å². The maximum absolute atomic E-state index is 12.7. The van der Waals surface area contributed by atoms with Gasteiger partial charge < -0.3 is 9.47 Å². The first-order chi connectivity index (χ1) is 11.3. The van der Waals surface area contributed by atoms with Gasteiger partial charge in [-0.1, -0.05) is 6.07 Å². The SMILES string of the molecule is COc1ccc(S(=O)(=O)N(C)c2cccc([N+](=O)[O-])c2)cc1OC. The maximum atomic E-state index is 12.7. The van der Waals surface area contributed by atoms with Crippen LogP contribution in [0.25, 0.3) is 0 Å². The van der Waals surface area contributed by atoms with Crippen LogP contribution in [0.3, 0.4) is 0 Å². The number of methoxy groups -OCH3 is 2. The number of sulfonamides is 1. The van der Waals surface area contributed by atoms with Crippen LogP contribution in [-0.2, 0) is 10.0 Å². The fourth-order valence-electron chi connectivity index (χ4n) is 2.08. The Morgan fingerprint density at radius 3 is 2.29 bits per heavy atom. The highest BCUT2D eigenvalue weighted by Crippen LogP contribution is 2.32. The zero-order chi connectivity index (χ0) is 17.9. The van der Waals surface area contributed by atoms with E-state index in [2.05, 4.69) is 0 Å². The second-order valence-electron chi connectivity index (χ2n) is 4.77. The molecule has 24 heavy (non-hydrogen) atoms. The minimum atomic E-state index is -3.92. The van der Waals surface area contributed by atoms with Crippen LogP contribution in [0.15, 0.2) is 47.4 Å². The number of nitro groups is 1. The van der Waals surface area contributed by atoms with E-state index in [1.165, 1.54) is 63.7 Å². The molecule has 2 aromatic rings. The molecule has 2 rings (SSSR count). The van der Waals surface area contributed by atoms with Crippen LogP contribution >= 0.6 is 0 Å². The van der Waals surface area contributed by atoms with E-state index in [1.54, 1.807) is 0 Å². The highest BCUT2D eigenvalue weighted by molar-refractivity contribution is 7.92. The van der Waals surface area contributed by atoms with Gasteiger partial charge in [-0.3, -0.25) is 14.4 Å². The minimum absolute atomic E-state index is 0.0193. The summed E-state index contributed by atoms with van der Waals surface area (Å²) in [6.07, 6.45) is 0. The zero-order valence-corrected chi connectivity index (χ0v) is 14.1. The number of rotatable bonds is 6. The lowest BCUT2D eigenvalue weighted by molar-refractivity contribution is -0.384. The summed E-state index contributed by atoms with van der Waals surface area (Å²) in [6.45, 7) is 0. The van der Waals surface area contributed by atoms with Gasteiger partial charge in [0.25, 0.3) is 15.7 Å². The van der Waals surface area contributed by atoms with Crippen molar-refractivity contribution in [2.45, 2.75) is 4.90 Å². The molecule has 0 fully saturated rings. The average molecular weight is 352 g/mol. The number of hydrogen-bond acceptors (Lipinski definition) is 6. The van der Waals surface area contributed by atoms with Crippen LogP contribution in [0, 0.1) is 10.1 Å². The van der Waals surface area contributed by atoms with Crippen molar-refractivity contribution >= 4 is 21.4 Å². The van der Waals surface area contributed by atoms with Gasteiger partial charge in [0.05, 0.1) is 29.7 Å². The summed E-state index contributed by atoms with van der Waals surface area (Å²) < 4.78 is 36.6. The Hall–Kier alpha value is -2.81. The fraction of sp³-hybridized carbons (Fsp3) is 0.200. The quantitative estimate of drug-likeness (QED) is 0.585. The number of nitro benzene ring substituents is 1. The molecule has 0 amide bonds. The molecule has 0 radical (unpaired) electrons. The lowest BCUT2D eigenvalue weighted by Crippen LogP contribution is -2.26. The molecule has 128 valence electrons. The van der Waals surface area contributed by atoms with Crippen LogP contribution in [0.1, 0.15) is 0 Å². The third-order valence-electron chi connectivity index (χ3n) is 3.42. The van der Waals surface area contributed by atoms with Gasteiger partial charge in [0, 0.05) is 25.2 Å². The van der Waals surface area contributed by atoms with Gasteiger partial charge in [0.2, 0.25) is 0 Å². The Kier molecular flexibility index (Phi) is 4.93. The van der Waals surface area contributed by atoms with Crippen LogP contribution in [0.5, 0.6) is 11.5 Å². The lowest BCUT2D eigenvalue weighted by Gasteiger charge is -2.20. The molecule has 0 atom stereocenters. The van der Waals surface area contributed by atoms with Crippen LogP contribution < -0.4 is 13.8 Å². The molecule has 0 N–H and O–H groups in total. The maximum Gasteiger partial charge on any atom is 0.271 e. The molecule has 0 saturated carbocycles. The second kappa shape index (κ2) is 6.75. The zero-order valence-electron chi connectivity index (χ0n) is 13.3. The number of nitrogens with zero attached hydrogens (tertiary/aromatic N) is 2. The van der Waals surface area contributed by atoms with Gasteiger partial charge in [-0.05, 0) is 18.2 Å². The van der Waals surface area contributed by atoms with E-state index in [0.717, 1.165) is 4.31 Å². The molecule has 0 saturated heterocycles. The molecule has 0 aliphatic rings. The molecule has 0 spiro atoms. The molecule has 8 nitrogen and oxygen atoms in total. The summed E-state index contributed by atoms with van der Waals surface area (Å²) in [6, 6.07) is 9.58. The van der Waals surface area contributed by atoms with E-state index in [1.807, 2.05) is 0 Å². The standard InChI is InChI=1S/C15H16N2O6S/c1-16(11-5-4-6-12(9-11)17(18)19)24(20,21)13-7-8-14(22-2)15(10-13)23-3/h4-10H,1-3H3. The van der Waals surface area contributed by atoms with Crippen LogP contribution in [-0.4, -0.2) is 34.6 Å². The van der Waals surface area contributed by atoms with Crippen molar-refractivity contribution in [1.82, 2.24) is 0 Å². The number of hydrogen-bond donors (Lipinski definition) is 0. The first-order valence-electron chi connectivity index (χ1n) is 6.76. The van der Waals surface area contributed by atoms with E-state index in [0.29, 0.717) is 5.75 Å². The number of non-ortho nitro benzene ring substituents is 1. The summed E-state index contributed by atoms with van der Waals surface area (Å²) in [5.41, 5.74) is -0.0131. The molecule has 0 aliphatic carbocycles. The highest BCUT2D eigenvalue weighted by atomic mass is 32.2. The van der Waals surface area contributed by atoms with Gasteiger partial charge in [-0.2, -0.15) is 0 Å². The fourth-order valence-corrected chi connectivity index (χ4v) is 3.28. The molecule has 0 aliphatic heterocycles. The van der Waals surface area contributed by atoms with E-state index in [9.17, 15) is 18.5 Å². The van der Waals surface area contributed by atoms with Gasteiger partial charge in [0.1, 0.15) is 0 Å². The average Bonchev–Trinajstić information content (AvgIpc) is 2.60. The molecule has 2 aromatic carbocycles. The Morgan fingerprint density at radius 1 is 1.04 bits per heavy atom. The predicted octanol–water partition coefficient (Wildman–Crippen LogP) is 2.44. The number of benzene rings is 2. The van der Waals surface area contributed by atoms with Gasteiger partial charge in [-0.15, -0.1) is 0 Å². The van der Waals surface area contributed by atoms with E-state index in [-0.39, 0.29) is 22.0 Å². The summed E-state index contributed by atoms with van der Waals surface area (Å²) in [4.78, 5) is 10.3. The normalized spacial score (nSPS) is 11.0. The van der Waals surface area contributed by atoms with Crippen molar-refractivity contribution in [3.8, 4) is 11.5 Å². The van der Waals surface area contributed by atoms with Crippen LogP contribution in [0.2, 0.25) is 0 Å². The van der Waals surface area contributed by atoms with Crippen molar-refractivity contribution in [3.63, 3.8) is 0 Å². The Morgan fingerprint density at radius 2 is 1.71 bits per heavy atom. The van der Waals surface area contributed by atoms with Gasteiger partial charge in [-0.25, -0.2) is 8.42 Å². The third kappa shape index (κ3) is 3.25. The van der Waals surface area contributed by atoms with Crippen molar-refractivity contribution in [3.05, 3.63) is 52.6 Å². The van der Waals surface area contributed by atoms with Crippen molar-refractivity contribution in [2.24, 2.45) is 0 Å². The number of anilines is 1. The summed E-state index contributed by atoms with van der Waals surface area (Å²) in [5.74, 6) is 0.667. The smallest absolute Gasteiger partial charge is 0.271 e. The van der Waals surface area contributed by atoms with Gasteiger partial charge in [0.15, 0.2) is 11.5 Å². The predicted molar refractivity (Wildman–Crippen MR) is 88.2 cm³/mol. The summed E-state index contributed by atoms with van der Waals surface area (Å²) >= 11 is 0. The monoisotopic (exact) mass is 352 g/mol. The van der Waals surface area contributed by atoms with Crippen molar-refractivity contribution in [1.29, 1.82) is 0 Å². The second-order valence-corrected chi connectivity index (χ2v) is 6.74. The number of ether oxygens (including phenoxy) is 2. The van der Waals surface area contributed by atoms with Crippen molar-refractivity contribution in [2.75, 3.05) is 25.6 Å². The van der Waals surface area contributed by atoms with Gasteiger partial charge >= 0.3 is 0 Å². The molecule has 0 unspecified atom stereocenters. The molecule has 0 heterocycles. The lowest BCUT2D eigenvalue weighted by atomic mass is 10.3. The third-order valence-corrected chi connectivity index (χ3v) is 5.20. The van der Waals surface area contributed by atoms with E-state index < -0.39 is 14.9 Å². The van der Waals surface area contributed by atoms with Crippen molar-refractivity contribution < 1.29 is 22.8 Å². The van der Waals surface area contributed by atoms with E-state index >= 15 is 0 Å². The molecular formula is C15H16N2O6S. The largest absolute Gasteiger partial charge is 0.493 e. The Balaban J connectivity index is 2.46. The minimum Gasteiger partial charge on any atom is -0.493 e. The molecular weight excluding hydrogens is 336 g/mol. The Bertz CT molecular complexity index is 866. The topological polar surface area (TPSA) is 99.0 Å². The Labute approximate surface area is 139 Å². The molecule has 0 aromatic heterocycles. The summed E-state index contributed by atoms with van der Waals surface area (Å²) in [5, 5.41) is 10.9.